The fourth-order valence-electron chi connectivity index (χ4n) is 4.12. The maximum Gasteiger partial charge on any atom is 0.256 e. The number of hydrogen-bond donors (Lipinski definition) is 1. The Bertz CT molecular complexity index is 1230. The van der Waals surface area contributed by atoms with E-state index in [2.05, 4.69) is 19.9 Å². The highest BCUT2D eigenvalue weighted by Gasteiger charge is 2.24. The number of fused-ring (bicyclic) bond motifs is 1. The van der Waals surface area contributed by atoms with Gasteiger partial charge in [-0.15, -0.1) is 0 Å². The standard InChI is InChI=1S/C25H25N5O2/c1-2-32-19-9-7-18(8-10-19)23-15-24(28-17-27-23)29-11-13-30(14-12-29)25(31)21-16-26-22-6-4-3-5-20(21)22/h3-10,15-17,26H,2,11-14H2,1H3. The summed E-state index contributed by atoms with van der Waals surface area (Å²) in [7, 11) is 0. The lowest BCUT2D eigenvalue weighted by Gasteiger charge is -2.35. The van der Waals surface area contributed by atoms with E-state index in [1.54, 1.807) is 6.33 Å². The van der Waals surface area contributed by atoms with Crippen molar-refractivity contribution in [2.75, 3.05) is 37.7 Å². The summed E-state index contributed by atoms with van der Waals surface area (Å²) in [5.74, 6) is 1.80. The highest BCUT2D eigenvalue weighted by Crippen LogP contribution is 2.25. The summed E-state index contributed by atoms with van der Waals surface area (Å²) < 4.78 is 5.52. The second-order valence-electron chi connectivity index (χ2n) is 7.75. The third-order valence-corrected chi connectivity index (χ3v) is 5.82. The van der Waals surface area contributed by atoms with Crippen molar-refractivity contribution in [3.05, 3.63) is 72.7 Å². The molecular weight excluding hydrogens is 402 g/mol. The van der Waals surface area contributed by atoms with Crippen molar-refractivity contribution in [1.82, 2.24) is 19.9 Å². The number of ether oxygens (including phenoxy) is 1. The van der Waals surface area contributed by atoms with Crippen molar-refractivity contribution < 1.29 is 9.53 Å². The van der Waals surface area contributed by atoms with Crippen LogP contribution in [0.15, 0.2) is 67.1 Å². The van der Waals surface area contributed by atoms with Gasteiger partial charge in [0.2, 0.25) is 0 Å². The molecule has 1 N–H and O–H groups in total. The molecule has 1 aliphatic rings. The van der Waals surface area contributed by atoms with Crippen molar-refractivity contribution in [2.24, 2.45) is 0 Å². The van der Waals surface area contributed by atoms with Crippen molar-refractivity contribution in [1.29, 1.82) is 0 Å². The lowest BCUT2D eigenvalue weighted by Crippen LogP contribution is -2.49. The largest absolute Gasteiger partial charge is 0.494 e. The highest BCUT2D eigenvalue weighted by molar-refractivity contribution is 6.06. The van der Waals surface area contributed by atoms with E-state index in [4.69, 9.17) is 4.74 Å². The van der Waals surface area contributed by atoms with Gasteiger partial charge in [-0.2, -0.15) is 0 Å². The Morgan fingerprint density at radius 3 is 2.59 bits per heavy atom. The summed E-state index contributed by atoms with van der Waals surface area (Å²) in [6.07, 6.45) is 3.41. The Morgan fingerprint density at radius 2 is 1.81 bits per heavy atom. The highest BCUT2D eigenvalue weighted by atomic mass is 16.5. The van der Waals surface area contributed by atoms with Gasteiger partial charge in [-0.1, -0.05) is 18.2 Å². The van der Waals surface area contributed by atoms with Crippen molar-refractivity contribution in [3.63, 3.8) is 0 Å². The normalized spacial score (nSPS) is 14.0. The second-order valence-corrected chi connectivity index (χ2v) is 7.75. The Labute approximate surface area is 186 Å². The topological polar surface area (TPSA) is 74.3 Å². The minimum atomic E-state index is 0.0693. The van der Waals surface area contributed by atoms with Gasteiger partial charge in [0, 0.05) is 54.9 Å². The second kappa shape index (κ2) is 8.70. The van der Waals surface area contributed by atoms with Crippen LogP contribution in [0.2, 0.25) is 0 Å². The first-order valence-corrected chi connectivity index (χ1v) is 10.9. The smallest absolute Gasteiger partial charge is 0.256 e. The number of piperazine rings is 1. The maximum absolute atomic E-state index is 13.1. The van der Waals surface area contributed by atoms with E-state index < -0.39 is 0 Å². The number of aromatic amines is 1. The van der Waals surface area contributed by atoms with E-state index in [9.17, 15) is 4.79 Å². The van der Waals surface area contributed by atoms with E-state index in [0.717, 1.165) is 52.4 Å². The Morgan fingerprint density at radius 1 is 1.03 bits per heavy atom. The molecular formula is C25H25N5O2. The molecule has 2 aromatic heterocycles. The molecule has 3 heterocycles. The van der Waals surface area contributed by atoms with Crippen molar-refractivity contribution in [3.8, 4) is 17.0 Å². The molecule has 1 fully saturated rings. The summed E-state index contributed by atoms with van der Waals surface area (Å²) >= 11 is 0. The zero-order valence-corrected chi connectivity index (χ0v) is 18.0. The Hall–Kier alpha value is -3.87. The number of rotatable bonds is 5. The third kappa shape index (κ3) is 3.89. The minimum Gasteiger partial charge on any atom is -0.494 e. The summed E-state index contributed by atoms with van der Waals surface area (Å²) in [5, 5.41) is 0.968. The number of nitrogens with zero attached hydrogens (tertiary/aromatic N) is 4. The van der Waals surface area contributed by atoms with Crippen molar-refractivity contribution >= 4 is 22.6 Å². The first-order chi connectivity index (χ1) is 15.7. The van der Waals surface area contributed by atoms with Crippen LogP contribution in [0.1, 0.15) is 17.3 Å². The van der Waals surface area contributed by atoms with E-state index in [-0.39, 0.29) is 5.91 Å². The molecule has 1 aliphatic heterocycles. The van der Waals surface area contributed by atoms with Crippen LogP contribution in [0.3, 0.4) is 0 Å². The van der Waals surface area contributed by atoms with E-state index in [1.165, 1.54) is 0 Å². The molecule has 32 heavy (non-hydrogen) atoms. The molecule has 0 bridgehead atoms. The van der Waals surface area contributed by atoms with Gasteiger partial charge < -0.3 is 19.5 Å². The number of amides is 1. The molecule has 0 aliphatic carbocycles. The molecule has 162 valence electrons. The average Bonchev–Trinajstić information content (AvgIpc) is 3.29. The zero-order valence-electron chi connectivity index (χ0n) is 18.0. The minimum absolute atomic E-state index is 0.0693. The molecule has 4 aromatic rings. The number of H-pyrrole nitrogens is 1. The molecule has 1 saturated heterocycles. The molecule has 1 amide bonds. The van der Waals surface area contributed by atoms with Crippen LogP contribution in [-0.4, -0.2) is 58.5 Å². The molecule has 0 spiro atoms. The number of para-hydroxylation sites is 1. The van der Waals surface area contributed by atoms with Gasteiger partial charge >= 0.3 is 0 Å². The van der Waals surface area contributed by atoms with E-state index >= 15 is 0 Å². The molecule has 2 aromatic carbocycles. The van der Waals surface area contributed by atoms with Gasteiger partial charge in [-0.3, -0.25) is 4.79 Å². The molecule has 0 unspecified atom stereocenters. The fraction of sp³-hybridized carbons (Fsp3) is 0.240. The number of aromatic nitrogens is 3. The molecule has 7 heteroatoms. The maximum atomic E-state index is 13.1. The summed E-state index contributed by atoms with van der Waals surface area (Å²) in [6, 6.07) is 17.8. The first kappa shape index (κ1) is 20.1. The van der Waals surface area contributed by atoms with Gasteiger partial charge in [-0.05, 0) is 37.3 Å². The van der Waals surface area contributed by atoms with Gasteiger partial charge in [0.05, 0.1) is 17.9 Å². The number of anilines is 1. The number of benzene rings is 2. The van der Waals surface area contributed by atoms with Crippen LogP contribution in [0.4, 0.5) is 5.82 Å². The predicted octanol–water partition coefficient (Wildman–Crippen LogP) is 3.99. The molecule has 7 nitrogen and oxygen atoms in total. The number of carbonyl (C=O) groups is 1. The summed E-state index contributed by atoms with van der Waals surface area (Å²) in [5.41, 5.74) is 3.60. The van der Waals surface area contributed by atoms with Crippen LogP contribution in [0, 0.1) is 0 Å². The third-order valence-electron chi connectivity index (χ3n) is 5.82. The number of nitrogens with one attached hydrogen (secondary N) is 1. The summed E-state index contributed by atoms with van der Waals surface area (Å²) in [4.78, 5) is 29.3. The fourth-order valence-corrected chi connectivity index (χ4v) is 4.12. The Kier molecular flexibility index (Phi) is 5.46. The molecule has 5 rings (SSSR count). The number of carbonyl (C=O) groups excluding carboxylic acids is 1. The van der Waals surface area contributed by atoms with Gasteiger partial charge in [0.25, 0.3) is 5.91 Å². The van der Waals surface area contributed by atoms with Gasteiger partial charge in [0.1, 0.15) is 17.9 Å². The van der Waals surface area contributed by atoms with Crippen LogP contribution in [-0.2, 0) is 0 Å². The Balaban J connectivity index is 1.27. The number of hydrogen-bond acceptors (Lipinski definition) is 5. The average molecular weight is 428 g/mol. The zero-order chi connectivity index (χ0) is 21.9. The van der Waals surface area contributed by atoms with Crippen LogP contribution < -0.4 is 9.64 Å². The van der Waals surface area contributed by atoms with Crippen LogP contribution in [0.25, 0.3) is 22.2 Å². The summed E-state index contributed by atoms with van der Waals surface area (Å²) in [6.45, 7) is 5.38. The van der Waals surface area contributed by atoms with E-state index in [1.807, 2.05) is 72.6 Å². The quantitative estimate of drug-likeness (QED) is 0.521. The first-order valence-electron chi connectivity index (χ1n) is 10.9. The van der Waals surface area contributed by atoms with Crippen LogP contribution in [0.5, 0.6) is 5.75 Å². The van der Waals surface area contributed by atoms with Gasteiger partial charge in [0.15, 0.2) is 0 Å². The molecule has 0 saturated carbocycles. The lowest BCUT2D eigenvalue weighted by atomic mass is 10.1. The molecule has 0 radical (unpaired) electrons. The van der Waals surface area contributed by atoms with Gasteiger partial charge in [-0.25, -0.2) is 9.97 Å². The monoisotopic (exact) mass is 427 g/mol. The molecule has 0 atom stereocenters. The predicted molar refractivity (Wildman–Crippen MR) is 125 cm³/mol. The SMILES string of the molecule is CCOc1ccc(-c2cc(N3CCN(C(=O)c4c[nH]c5ccccc45)CC3)ncn2)cc1. The van der Waals surface area contributed by atoms with E-state index in [0.29, 0.717) is 19.7 Å². The van der Waals surface area contributed by atoms with Crippen LogP contribution >= 0.6 is 0 Å². The van der Waals surface area contributed by atoms with Crippen molar-refractivity contribution in [2.45, 2.75) is 6.92 Å². The lowest BCUT2D eigenvalue weighted by molar-refractivity contribution is 0.0748.